The first-order chi connectivity index (χ1) is 13.5. The molecule has 1 aliphatic rings. The third kappa shape index (κ3) is 4.97. The average molecular weight is 388 g/mol. The first-order valence-electron chi connectivity index (χ1n) is 8.39. The highest BCUT2D eigenvalue weighted by Crippen LogP contribution is 2.30. The minimum atomic E-state index is -0.946. The van der Waals surface area contributed by atoms with E-state index in [1.165, 1.54) is 18.2 Å². The van der Waals surface area contributed by atoms with Gasteiger partial charge in [0.15, 0.2) is 18.1 Å². The van der Waals surface area contributed by atoms with Crippen molar-refractivity contribution in [3.63, 3.8) is 0 Å². The van der Waals surface area contributed by atoms with Crippen molar-refractivity contribution in [2.75, 3.05) is 13.2 Å². The van der Waals surface area contributed by atoms with E-state index in [4.69, 9.17) is 14.2 Å². The van der Waals surface area contributed by atoms with E-state index in [1.54, 1.807) is 30.3 Å². The molecular weight excluding hydrogens is 371 g/mol. The van der Waals surface area contributed by atoms with Crippen molar-refractivity contribution in [1.82, 2.24) is 10.9 Å². The van der Waals surface area contributed by atoms with E-state index >= 15 is 0 Å². The number of para-hydroxylation sites is 2. The van der Waals surface area contributed by atoms with E-state index in [0.29, 0.717) is 11.5 Å². The number of carbonyl (C=O) groups excluding carboxylic acids is 3. The fourth-order valence-corrected chi connectivity index (χ4v) is 2.39. The summed E-state index contributed by atoms with van der Waals surface area (Å²) in [5.74, 6) is -1.74. The van der Waals surface area contributed by atoms with Gasteiger partial charge in [-0.1, -0.05) is 30.3 Å². The van der Waals surface area contributed by atoms with Crippen molar-refractivity contribution in [3.8, 4) is 11.5 Å². The van der Waals surface area contributed by atoms with Crippen LogP contribution in [0.25, 0.3) is 0 Å². The van der Waals surface area contributed by atoms with Crippen molar-refractivity contribution in [2.24, 2.45) is 0 Å². The molecule has 0 saturated heterocycles. The minimum absolute atomic E-state index is 0.0175. The predicted molar refractivity (Wildman–Crippen MR) is 93.7 cm³/mol. The van der Waals surface area contributed by atoms with Crippen LogP contribution in [0.2, 0.25) is 0 Å². The number of esters is 1. The second-order valence-corrected chi connectivity index (χ2v) is 5.83. The maximum atomic E-state index is 13.5. The maximum absolute atomic E-state index is 13.5. The Morgan fingerprint density at radius 2 is 1.75 bits per heavy atom. The molecule has 0 aromatic heterocycles. The summed E-state index contributed by atoms with van der Waals surface area (Å²) in [5.41, 5.74) is 4.44. The van der Waals surface area contributed by atoms with Crippen molar-refractivity contribution in [2.45, 2.75) is 12.5 Å². The molecule has 8 nitrogen and oxygen atoms in total. The Morgan fingerprint density at radius 3 is 2.54 bits per heavy atom. The monoisotopic (exact) mass is 388 g/mol. The van der Waals surface area contributed by atoms with Crippen LogP contribution in [-0.2, 0) is 25.5 Å². The number of benzene rings is 2. The Balaban J connectivity index is 1.39. The lowest BCUT2D eigenvalue weighted by Crippen LogP contribution is -2.51. The third-order valence-electron chi connectivity index (χ3n) is 3.78. The number of hydrogen-bond acceptors (Lipinski definition) is 6. The molecule has 0 spiro atoms. The molecule has 146 valence electrons. The molecule has 1 atom stereocenters. The van der Waals surface area contributed by atoms with Crippen LogP contribution in [0.5, 0.6) is 11.5 Å². The summed E-state index contributed by atoms with van der Waals surface area (Å²) >= 11 is 0. The van der Waals surface area contributed by atoms with E-state index < -0.39 is 36.3 Å². The fourth-order valence-electron chi connectivity index (χ4n) is 2.39. The lowest BCUT2D eigenvalue weighted by molar-refractivity contribution is -0.148. The highest BCUT2D eigenvalue weighted by Gasteiger charge is 2.27. The number of rotatable bonds is 5. The maximum Gasteiger partial charge on any atom is 0.310 e. The van der Waals surface area contributed by atoms with Gasteiger partial charge >= 0.3 is 5.97 Å². The summed E-state index contributed by atoms with van der Waals surface area (Å²) < 4.78 is 29.1. The summed E-state index contributed by atoms with van der Waals surface area (Å²) in [4.78, 5) is 35.4. The smallest absolute Gasteiger partial charge is 0.310 e. The molecule has 2 N–H and O–H groups in total. The highest BCUT2D eigenvalue weighted by atomic mass is 19.1. The largest absolute Gasteiger partial charge is 0.485 e. The Hall–Kier alpha value is -3.62. The van der Waals surface area contributed by atoms with Crippen molar-refractivity contribution < 1.29 is 33.0 Å². The van der Waals surface area contributed by atoms with Gasteiger partial charge in [-0.2, -0.15) is 0 Å². The molecule has 0 fully saturated rings. The number of halogens is 1. The first-order valence-corrected chi connectivity index (χ1v) is 8.39. The normalized spacial score (nSPS) is 14.7. The summed E-state index contributed by atoms with van der Waals surface area (Å²) in [6, 6.07) is 12.6. The first kappa shape index (κ1) is 19.2. The molecule has 0 saturated carbocycles. The fraction of sp³-hybridized carbons (Fsp3) is 0.211. The standard InChI is InChI=1S/C19H17FN2O6/c20-13-6-2-1-5-12(13)9-18(24)27-11-17(23)21-22-19(25)16-10-26-14-7-3-4-8-15(14)28-16/h1-8,16H,9-11H2,(H,21,23)(H,22,25)/t16-/m1/s1. The van der Waals surface area contributed by atoms with Gasteiger partial charge in [-0.05, 0) is 23.8 Å². The Morgan fingerprint density at radius 1 is 1.04 bits per heavy atom. The number of carbonyl (C=O) groups is 3. The molecule has 9 heteroatoms. The average Bonchev–Trinajstić information content (AvgIpc) is 2.71. The van der Waals surface area contributed by atoms with E-state index in [9.17, 15) is 18.8 Å². The van der Waals surface area contributed by atoms with Gasteiger partial charge in [0.05, 0.1) is 6.42 Å². The molecule has 0 bridgehead atoms. The van der Waals surface area contributed by atoms with Gasteiger partial charge in [0, 0.05) is 0 Å². The van der Waals surface area contributed by atoms with Crippen LogP contribution < -0.4 is 20.3 Å². The number of ether oxygens (including phenoxy) is 3. The van der Waals surface area contributed by atoms with E-state index in [0.717, 1.165) is 0 Å². The summed E-state index contributed by atoms with van der Waals surface area (Å²) in [6.45, 7) is -0.644. The zero-order chi connectivity index (χ0) is 19.9. The van der Waals surface area contributed by atoms with Crippen LogP contribution >= 0.6 is 0 Å². The Kier molecular flexibility index (Phi) is 6.05. The minimum Gasteiger partial charge on any atom is -0.485 e. The van der Waals surface area contributed by atoms with Crippen molar-refractivity contribution >= 4 is 17.8 Å². The van der Waals surface area contributed by atoms with E-state index in [1.807, 2.05) is 0 Å². The van der Waals surface area contributed by atoms with Crippen LogP contribution in [0.3, 0.4) is 0 Å². The third-order valence-corrected chi connectivity index (χ3v) is 3.78. The molecule has 28 heavy (non-hydrogen) atoms. The van der Waals surface area contributed by atoms with Gasteiger partial charge in [-0.25, -0.2) is 4.39 Å². The molecule has 2 aromatic carbocycles. The molecule has 0 unspecified atom stereocenters. The summed E-state index contributed by atoms with van der Waals surface area (Å²) in [7, 11) is 0. The van der Waals surface area contributed by atoms with E-state index in [2.05, 4.69) is 10.9 Å². The molecule has 0 radical (unpaired) electrons. The van der Waals surface area contributed by atoms with Crippen LogP contribution in [0.4, 0.5) is 4.39 Å². The quantitative estimate of drug-likeness (QED) is 0.583. The number of hydrazine groups is 1. The number of hydrogen-bond donors (Lipinski definition) is 2. The highest BCUT2D eigenvalue weighted by molar-refractivity contribution is 5.86. The Labute approximate surface area is 159 Å². The number of nitrogens with one attached hydrogen (secondary N) is 2. The number of fused-ring (bicyclic) bond motifs is 1. The number of amides is 2. The topological polar surface area (TPSA) is 103 Å². The van der Waals surface area contributed by atoms with Gasteiger partial charge < -0.3 is 14.2 Å². The van der Waals surface area contributed by atoms with Gasteiger partial charge in [0.1, 0.15) is 12.4 Å². The van der Waals surface area contributed by atoms with Crippen LogP contribution in [0.15, 0.2) is 48.5 Å². The summed E-state index contributed by atoms with van der Waals surface area (Å²) in [5, 5.41) is 0. The molecule has 3 rings (SSSR count). The van der Waals surface area contributed by atoms with Gasteiger partial charge in [-0.15, -0.1) is 0 Å². The van der Waals surface area contributed by atoms with Crippen LogP contribution in [-0.4, -0.2) is 37.1 Å². The second-order valence-electron chi connectivity index (χ2n) is 5.83. The lowest BCUT2D eigenvalue weighted by atomic mass is 10.1. The van der Waals surface area contributed by atoms with Crippen LogP contribution in [0.1, 0.15) is 5.56 Å². The SMILES string of the molecule is O=C(COC(=O)Cc1ccccc1F)NNC(=O)[C@H]1COc2ccccc2O1. The van der Waals surface area contributed by atoms with Gasteiger partial charge in [0.2, 0.25) is 6.10 Å². The molecule has 1 aliphatic heterocycles. The van der Waals surface area contributed by atoms with E-state index in [-0.39, 0.29) is 18.6 Å². The predicted octanol–water partition coefficient (Wildman–Crippen LogP) is 0.899. The zero-order valence-corrected chi connectivity index (χ0v) is 14.6. The summed E-state index contributed by atoms with van der Waals surface area (Å²) in [6.07, 6.45) is -1.25. The van der Waals surface area contributed by atoms with Crippen LogP contribution in [0, 0.1) is 5.82 Å². The Bertz CT molecular complexity index is 888. The molecular formula is C19H17FN2O6. The molecule has 2 amide bonds. The van der Waals surface area contributed by atoms with Gasteiger partial charge in [-0.3, -0.25) is 25.2 Å². The second kappa shape index (κ2) is 8.85. The van der Waals surface area contributed by atoms with Gasteiger partial charge in [0.25, 0.3) is 11.8 Å². The zero-order valence-electron chi connectivity index (χ0n) is 14.6. The molecule has 0 aliphatic carbocycles. The molecule has 2 aromatic rings. The lowest BCUT2D eigenvalue weighted by Gasteiger charge is -2.25. The van der Waals surface area contributed by atoms with Crippen molar-refractivity contribution in [1.29, 1.82) is 0 Å². The molecule has 1 heterocycles. The van der Waals surface area contributed by atoms with Crippen molar-refractivity contribution in [3.05, 3.63) is 59.9 Å².